The molecule has 0 saturated carbocycles. The third-order valence-corrected chi connectivity index (χ3v) is 3.00. The summed E-state index contributed by atoms with van der Waals surface area (Å²) < 4.78 is 0. The molecule has 0 aliphatic heterocycles. The first kappa shape index (κ1) is 13.8. The molecule has 0 aliphatic carbocycles. The minimum absolute atomic E-state index is 0.0626. The van der Waals surface area contributed by atoms with Gasteiger partial charge in [-0.25, -0.2) is 4.98 Å². The summed E-state index contributed by atoms with van der Waals surface area (Å²) in [5.74, 6) is 0.812. The average Bonchev–Trinajstić information content (AvgIpc) is 2.45. The molecule has 0 spiro atoms. The quantitative estimate of drug-likeness (QED) is 0.644. The van der Waals surface area contributed by atoms with Crippen molar-refractivity contribution < 1.29 is 4.92 Å². The molecule has 6 nitrogen and oxygen atoms in total. The van der Waals surface area contributed by atoms with Crippen molar-refractivity contribution in [2.45, 2.75) is 12.8 Å². The van der Waals surface area contributed by atoms with Crippen molar-refractivity contribution in [2.75, 3.05) is 17.6 Å². The first-order valence-corrected chi connectivity index (χ1v) is 6.27. The highest BCUT2D eigenvalue weighted by Gasteiger charge is 2.11. The predicted molar refractivity (Wildman–Crippen MR) is 78.7 cm³/mol. The molecule has 0 amide bonds. The van der Waals surface area contributed by atoms with E-state index < -0.39 is 4.92 Å². The van der Waals surface area contributed by atoms with Crippen LogP contribution in [0.1, 0.15) is 18.4 Å². The molecule has 0 bridgehead atoms. The van der Waals surface area contributed by atoms with Gasteiger partial charge in [-0.05, 0) is 11.5 Å². The Morgan fingerprint density at radius 1 is 1.35 bits per heavy atom. The summed E-state index contributed by atoms with van der Waals surface area (Å²) in [6, 6.07) is 12.6. The monoisotopic (exact) mass is 272 g/mol. The lowest BCUT2D eigenvalue weighted by atomic mass is 10.0. The summed E-state index contributed by atoms with van der Waals surface area (Å²) >= 11 is 0. The highest BCUT2D eigenvalue weighted by Crippen LogP contribution is 2.20. The lowest BCUT2D eigenvalue weighted by Gasteiger charge is -2.13. The Labute approximate surface area is 116 Å². The van der Waals surface area contributed by atoms with Gasteiger partial charge >= 0.3 is 0 Å². The largest absolute Gasteiger partial charge is 0.383 e. The van der Waals surface area contributed by atoms with Crippen LogP contribution in [0.25, 0.3) is 0 Å². The number of pyridine rings is 1. The fourth-order valence-corrected chi connectivity index (χ4v) is 1.89. The molecule has 0 radical (unpaired) electrons. The van der Waals surface area contributed by atoms with Crippen molar-refractivity contribution in [3.8, 4) is 0 Å². The van der Waals surface area contributed by atoms with Crippen LogP contribution in [-0.4, -0.2) is 16.5 Å². The maximum atomic E-state index is 10.8. The molecular weight excluding hydrogens is 256 g/mol. The Hall–Kier alpha value is -2.63. The average molecular weight is 272 g/mol. The molecule has 0 aliphatic rings. The molecule has 3 N–H and O–H groups in total. The molecule has 1 heterocycles. The summed E-state index contributed by atoms with van der Waals surface area (Å²) in [6.45, 7) is 2.70. The van der Waals surface area contributed by atoms with Gasteiger partial charge in [-0.2, -0.15) is 0 Å². The molecule has 0 saturated heterocycles. The number of nitrogens with two attached hydrogens (primary N) is 1. The first-order chi connectivity index (χ1) is 9.56. The van der Waals surface area contributed by atoms with E-state index in [0.29, 0.717) is 12.4 Å². The van der Waals surface area contributed by atoms with E-state index in [4.69, 9.17) is 5.73 Å². The van der Waals surface area contributed by atoms with Gasteiger partial charge in [0, 0.05) is 6.54 Å². The number of benzene rings is 1. The molecule has 1 unspecified atom stereocenters. The Balaban J connectivity index is 2.06. The van der Waals surface area contributed by atoms with Crippen LogP contribution in [0, 0.1) is 10.1 Å². The first-order valence-electron chi connectivity index (χ1n) is 6.27. The third-order valence-electron chi connectivity index (χ3n) is 3.00. The Kier molecular flexibility index (Phi) is 4.14. The van der Waals surface area contributed by atoms with Gasteiger partial charge in [0.15, 0.2) is 0 Å². The minimum atomic E-state index is -0.482. The fourth-order valence-electron chi connectivity index (χ4n) is 1.89. The lowest BCUT2D eigenvalue weighted by Crippen LogP contribution is -2.11. The molecule has 20 heavy (non-hydrogen) atoms. The third kappa shape index (κ3) is 3.44. The number of nitrogens with zero attached hydrogens (tertiary/aromatic N) is 2. The summed E-state index contributed by atoms with van der Waals surface area (Å²) in [6.07, 6.45) is 0. The van der Waals surface area contributed by atoms with Crippen molar-refractivity contribution in [3.63, 3.8) is 0 Å². The van der Waals surface area contributed by atoms with Gasteiger partial charge in [-0.3, -0.25) is 10.1 Å². The number of aromatic nitrogens is 1. The normalized spacial score (nSPS) is 11.8. The molecule has 2 rings (SSSR count). The van der Waals surface area contributed by atoms with Crippen LogP contribution in [0.15, 0.2) is 42.5 Å². The number of rotatable bonds is 5. The second kappa shape index (κ2) is 6.01. The van der Waals surface area contributed by atoms with Gasteiger partial charge < -0.3 is 11.1 Å². The number of hydrogen-bond donors (Lipinski definition) is 2. The highest BCUT2D eigenvalue weighted by molar-refractivity contribution is 5.52. The van der Waals surface area contributed by atoms with Crippen molar-refractivity contribution in [3.05, 3.63) is 58.1 Å². The number of nitro groups is 1. The van der Waals surface area contributed by atoms with E-state index in [1.807, 2.05) is 30.3 Å². The summed E-state index contributed by atoms with van der Waals surface area (Å²) in [5, 5.41) is 13.8. The van der Waals surface area contributed by atoms with Gasteiger partial charge in [0.2, 0.25) is 0 Å². The summed E-state index contributed by atoms with van der Waals surface area (Å²) in [5.41, 5.74) is 6.69. The van der Waals surface area contributed by atoms with Gasteiger partial charge in [-0.15, -0.1) is 0 Å². The van der Waals surface area contributed by atoms with E-state index in [-0.39, 0.29) is 17.4 Å². The number of hydrogen-bond acceptors (Lipinski definition) is 5. The summed E-state index contributed by atoms with van der Waals surface area (Å²) in [7, 11) is 0. The minimum Gasteiger partial charge on any atom is -0.383 e. The maximum absolute atomic E-state index is 10.8. The SMILES string of the molecule is CC(CNc1cc([N+](=O)[O-])cc(N)n1)c1ccccc1. The molecule has 1 aromatic carbocycles. The highest BCUT2D eigenvalue weighted by atomic mass is 16.6. The fraction of sp³-hybridized carbons (Fsp3) is 0.214. The van der Waals surface area contributed by atoms with Crippen LogP contribution in [0.5, 0.6) is 0 Å². The Morgan fingerprint density at radius 2 is 2.05 bits per heavy atom. The zero-order valence-corrected chi connectivity index (χ0v) is 11.1. The van der Waals surface area contributed by atoms with Gasteiger partial charge in [0.1, 0.15) is 11.6 Å². The van der Waals surface area contributed by atoms with E-state index in [1.54, 1.807) is 0 Å². The van der Waals surface area contributed by atoms with Crippen molar-refractivity contribution >= 4 is 17.3 Å². The van der Waals surface area contributed by atoms with E-state index in [0.717, 1.165) is 0 Å². The van der Waals surface area contributed by atoms with Gasteiger partial charge in [-0.1, -0.05) is 37.3 Å². The number of anilines is 2. The van der Waals surface area contributed by atoms with E-state index in [1.165, 1.54) is 17.7 Å². The number of nitrogen functional groups attached to an aromatic ring is 1. The Morgan fingerprint density at radius 3 is 2.70 bits per heavy atom. The van der Waals surface area contributed by atoms with Crippen LogP contribution >= 0.6 is 0 Å². The van der Waals surface area contributed by atoms with E-state index in [2.05, 4.69) is 17.2 Å². The molecule has 1 aromatic heterocycles. The molecule has 104 valence electrons. The van der Waals surface area contributed by atoms with Crippen LogP contribution in [0.4, 0.5) is 17.3 Å². The second-order valence-corrected chi connectivity index (χ2v) is 4.59. The smallest absolute Gasteiger partial charge is 0.276 e. The maximum Gasteiger partial charge on any atom is 0.276 e. The second-order valence-electron chi connectivity index (χ2n) is 4.59. The van der Waals surface area contributed by atoms with Crippen LogP contribution in [0.2, 0.25) is 0 Å². The van der Waals surface area contributed by atoms with Gasteiger partial charge in [0.25, 0.3) is 5.69 Å². The van der Waals surface area contributed by atoms with Crippen molar-refractivity contribution in [2.24, 2.45) is 0 Å². The van der Waals surface area contributed by atoms with Crippen LogP contribution in [-0.2, 0) is 0 Å². The van der Waals surface area contributed by atoms with Crippen molar-refractivity contribution in [1.82, 2.24) is 4.98 Å². The van der Waals surface area contributed by atoms with Gasteiger partial charge in [0.05, 0.1) is 17.1 Å². The lowest BCUT2D eigenvalue weighted by molar-refractivity contribution is -0.384. The molecule has 0 fully saturated rings. The standard InChI is InChI=1S/C14H16N4O2/c1-10(11-5-3-2-4-6-11)9-16-14-8-12(18(19)20)7-13(15)17-14/h2-8,10H,9H2,1H3,(H3,15,16,17). The van der Waals surface area contributed by atoms with Crippen molar-refractivity contribution in [1.29, 1.82) is 0 Å². The molecule has 6 heteroatoms. The van der Waals surface area contributed by atoms with Crippen LogP contribution in [0.3, 0.4) is 0 Å². The van der Waals surface area contributed by atoms with Crippen LogP contribution < -0.4 is 11.1 Å². The molecule has 2 aromatic rings. The topological polar surface area (TPSA) is 94.1 Å². The molecule has 1 atom stereocenters. The zero-order chi connectivity index (χ0) is 14.5. The number of nitrogens with one attached hydrogen (secondary N) is 1. The van der Waals surface area contributed by atoms with E-state index >= 15 is 0 Å². The zero-order valence-electron chi connectivity index (χ0n) is 11.1. The molecular formula is C14H16N4O2. The Bertz CT molecular complexity index is 601. The summed E-state index contributed by atoms with van der Waals surface area (Å²) in [4.78, 5) is 14.3. The predicted octanol–water partition coefficient (Wildman–Crippen LogP) is 2.79. The van der Waals surface area contributed by atoms with E-state index in [9.17, 15) is 10.1 Å².